The van der Waals surface area contributed by atoms with Gasteiger partial charge in [-0.2, -0.15) is 0 Å². The summed E-state index contributed by atoms with van der Waals surface area (Å²) in [6.07, 6.45) is 2.51. The molecule has 0 spiro atoms. The molecule has 0 saturated carbocycles. The smallest absolute Gasteiger partial charge is 0.140 e. The maximum absolute atomic E-state index is 13.8. The van der Waals surface area contributed by atoms with E-state index in [9.17, 15) is 8.78 Å². The van der Waals surface area contributed by atoms with Gasteiger partial charge >= 0.3 is 0 Å². The summed E-state index contributed by atoms with van der Waals surface area (Å²) in [7, 11) is 0. The van der Waals surface area contributed by atoms with Crippen LogP contribution >= 0.6 is 11.6 Å². The van der Waals surface area contributed by atoms with Gasteiger partial charge in [-0.25, -0.2) is 18.7 Å². The van der Waals surface area contributed by atoms with Gasteiger partial charge in [-0.3, -0.25) is 0 Å². The van der Waals surface area contributed by atoms with Crippen molar-refractivity contribution < 1.29 is 8.78 Å². The van der Waals surface area contributed by atoms with Gasteiger partial charge in [-0.1, -0.05) is 17.7 Å². The van der Waals surface area contributed by atoms with Crippen molar-refractivity contribution in [3.63, 3.8) is 0 Å². The molecule has 0 fully saturated rings. The van der Waals surface area contributed by atoms with Crippen LogP contribution in [0.5, 0.6) is 0 Å². The summed E-state index contributed by atoms with van der Waals surface area (Å²) in [6, 6.07) is 2.56. The molecule has 0 N–H and O–H groups in total. The zero-order valence-electron chi connectivity index (χ0n) is 8.34. The summed E-state index contributed by atoms with van der Waals surface area (Å²) in [5.41, 5.74) is 0.310. The van der Waals surface area contributed by atoms with Crippen molar-refractivity contribution in [1.82, 2.24) is 9.97 Å². The Hall–Kier alpha value is -1.55. The standard InChI is InChI=1S/C11H7ClF2N2/c1-6-2-3-8(13)9(10(6)14)7-4-15-5-16-11(7)12/h2-5H,1H3. The number of hydrogen-bond donors (Lipinski definition) is 0. The van der Waals surface area contributed by atoms with E-state index in [1.807, 2.05) is 0 Å². The molecular formula is C11H7ClF2N2. The molecular weight excluding hydrogens is 234 g/mol. The van der Waals surface area contributed by atoms with E-state index in [2.05, 4.69) is 9.97 Å². The molecule has 0 bridgehead atoms. The number of hydrogen-bond acceptors (Lipinski definition) is 2. The van der Waals surface area contributed by atoms with Crippen LogP contribution in [-0.2, 0) is 0 Å². The summed E-state index contributed by atoms with van der Waals surface area (Å²) in [4.78, 5) is 7.39. The summed E-state index contributed by atoms with van der Waals surface area (Å²) in [5.74, 6) is -1.32. The zero-order valence-corrected chi connectivity index (χ0v) is 9.09. The van der Waals surface area contributed by atoms with Crippen molar-refractivity contribution >= 4 is 11.6 Å². The summed E-state index contributed by atoms with van der Waals surface area (Å²) in [6.45, 7) is 1.55. The first kappa shape index (κ1) is 11.0. The summed E-state index contributed by atoms with van der Waals surface area (Å²) in [5, 5.41) is 0.0263. The zero-order chi connectivity index (χ0) is 11.7. The number of halogens is 3. The third-order valence-electron chi connectivity index (χ3n) is 2.22. The fourth-order valence-electron chi connectivity index (χ4n) is 1.39. The minimum Gasteiger partial charge on any atom is -0.244 e. The maximum Gasteiger partial charge on any atom is 0.140 e. The number of nitrogens with zero attached hydrogens (tertiary/aromatic N) is 2. The SMILES string of the molecule is Cc1ccc(F)c(-c2cncnc2Cl)c1F. The monoisotopic (exact) mass is 240 g/mol. The highest BCUT2D eigenvalue weighted by molar-refractivity contribution is 6.32. The number of benzene rings is 1. The molecule has 0 aliphatic carbocycles. The van der Waals surface area contributed by atoms with Crippen LogP contribution in [0, 0.1) is 18.6 Å². The minimum atomic E-state index is -0.681. The quantitative estimate of drug-likeness (QED) is 0.714. The van der Waals surface area contributed by atoms with Crippen LogP contribution in [0.15, 0.2) is 24.7 Å². The third kappa shape index (κ3) is 1.76. The topological polar surface area (TPSA) is 25.8 Å². The highest BCUT2D eigenvalue weighted by Crippen LogP contribution is 2.31. The van der Waals surface area contributed by atoms with Gasteiger partial charge in [0, 0.05) is 11.8 Å². The molecule has 1 heterocycles. The van der Waals surface area contributed by atoms with Crippen molar-refractivity contribution in [3.05, 3.63) is 47.0 Å². The van der Waals surface area contributed by atoms with Gasteiger partial charge < -0.3 is 0 Å². The molecule has 2 nitrogen and oxygen atoms in total. The Morgan fingerprint density at radius 3 is 2.69 bits per heavy atom. The molecule has 5 heteroatoms. The molecule has 2 aromatic rings. The minimum absolute atomic E-state index is 0.0263. The number of aryl methyl sites for hydroxylation is 1. The van der Waals surface area contributed by atoms with Gasteiger partial charge in [-0.15, -0.1) is 0 Å². The van der Waals surface area contributed by atoms with Crippen molar-refractivity contribution in [2.45, 2.75) is 6.92 Å². The average Bonchev–Trinajstić information content (AvgIpc) is 2.27. The lowest BCUT2D eigenvalue weighted by molar-refractivity contribution is 0.583. The van der Waals surface area contributed by atoms with Gasteiger partial charge in [0.15, 0.2) is 0 Å². The van der Waals surface area contributed by atoms with Crippen LogP contribution in [0.25, 0.3) is 11.1 Å². The fourth-order valence-corrected chi connectivity index (χ4v) is 1.57. The number of aromatic nitrogens is 2. The Morgan fingerprint density at radius 2 is 2.00 bits per heavy atom. The van der Waals surface area contributed by atoms with Gasteiger partial charge in [0.05, 0.1) is 5.56 Å². The van der Waals surface area contributed by atoms with E-state index in [1.165, 1.54) is 24.7 Å². The third-order valence-corrected chi connectivity index (χ3v) is 2.52. The molecule has 82 valence electrons. The largest absolute Gasteiger partial charge is 0.244 e. The van der Waals surface area contributed by atoms with E-state index in [0.717, 1.165) is 0 Å². The van der Waals surface area contributed by atoms with Crippen molar-refractivity contribution in [2.24, 2.45) is 0 Å². The lowest BCUT2D eigenvalue weighted by Gasteiger charge is -2.07. The van der Waals surface area contributed by atoms with E-state index < -0.39 is 11.6 Å². The second kappa shape index (κ2) is 4.14. The molecule has 16 heavy (non-hydrogen) atoms. The Morgan fingerprint density at radius 1 is 1.25 bits per heavy atom. The predicted molar refractivity (Wildman–Crippen MR) is 57.1 cm³/mol. The summed E-state index contributed by atoms with van der Waals surface area (Å²) >= 11 is 5.77. The van der Waals surface area contributed by atoms with Gasteiger partial charge in [0.2, 0.25) is 0 Å². The average molecular weight is 241 g/mol. The molecule has 0 aliphatic heterocycles. The molecule has 1 aromatic heterocycles. The van der Waals surface area contributed by atoms with Crippen LogP contribution in [0.2, 0.25) is 5.15 Å². The Kier molecular flexibility index (Phi) is 2.83. The lowest BCUT2D eigenvalue weighted by atomic mass is 10.0. The molecule has 2 rings (SSSR count). The Balaban J connectivity index is 2.74. The van der Waals surface area contributed by atoms with Gasteiger partial charge in [-0.05, 0) is 18.6 Å². The second-order valence-corrected chi connectivity index (χ2v) is 3.64. The highest BCUT2D eigenvalue weighted by Gasteiger charge is 2.16. The fraction of sp³-hybridized carbons (Fsp3) is 0.0909. The first-order chi connectivity index (χ1) is 7.61. The first-order valence-electron chi connectivity index (χ1n) is 4.51. The first-order valence-corrected chi connectivity index (χ1v) is 4.89. The molecule has 0 atom stereocenters. The van der Waals surface area contributed by atoms with E-state index in [0.29, 0.717) is 5.56 Å². The predicted octanol–water partition coefficient (Wildman–Crippen LogP) is 3.38. The maximum atomic E-state index is 13.8. The van der Waals surface area contributed by atoms with Crippen LogP contribution in [0.1, 0.15) is 5.56 Å². The van der Waals surface area contributed by atoms with Crippen LogP contribution in [0.4, 0.5) is 8.78 Å². The summed E-state index contributed by atoms with van der Waals surface area (Å²) < 4.78 is 27.3. The molecule has 0 saturated heterocycles. The Bertz CT molecular complexity index is 544. The molecule has 0 amide bonds. The van der Waals surface area contributed by atoms with E-state index >= 15 is 0 Å². The normalized spacial score (nSPS) is 10.5. The molecule has 0 radical (unpaired) electrons. The van der Waals surface area contributed by atoms with E-state index in [1.54, 1.807) is 6.92 Å². The van der Waals surface area contributed by atoms with Crippen molar-refractivity contribution in [1.29, 1.82) is 0 Å². The molecule has 1 aromatic carbocycles. The number of rotatable bonds is 1. The second-order valence-electron chi connectivity index (χ2n) is 3.28. The highest BCUT2D eigenvalue weighted by atomic mass is 35.5. The van der Waals surface area contributed by atoms with Crippen LogP contribution in [0.3, 0.4) is 0 Å². The van der Waals surface area contributed by atoms with Crippen molar-refractivity contribution in [2.75, 3.05) is 0 Å². The van der Waals surface area contributed by atoms with Crippen LogP contribution < -0.4 is 0 Å². The van der Waals surface area contributed by atoms with Crippen molar-refractivity contribution in [3.8, 4) is 11.1 Å². The van der Waals surface area contributed by atoms with E-state index in [-0.39, 0.29) is 16.3 Å². The van der Waals surface area contributed by atoms with Crippen LogP contribution in [-0.4, -0.2) is 9.97 Å². The van der Waals surface area contributed by atoms with E-state index in [4.69, 9.17) is 11.6 Å². The lowest BCUT2D eigenvalue weighted by Crippen LogP contribution is -1.95. The Labute approximate surface area is 95.9 Å². The van der Waals surface area contributed by atoms with Gasteiger partial charge in [0.25, 0.3) is 0 Å². The van der Waals surface area contributed by atoms with Gasteiger partial charge in [0.1, 0.15) is 23.1 Å². The molecule has 0 unspecified atom stereocenters. The molecule has 0 aliphatic rings.